The summed E-state index contributed by atoms with van der Waals surface area (Å²) in [6.45, 7) is 2.41. The summed E-state index contributed by atoms with van der Waals surface area (Å²) < 4.78 is 24.1. The lowest BCUT2D eigenvalue weighted by Gasteiger charge is -2.20. The molecule has 1 atom stereocenters. The molecule has 0 saturated carbocycles. The van der Waals surface area contributed by atoms with Crippen LogP contribution in [0.5, 0.6) is 5.75 Å². The molecule has 2 aromatic rings. The molecule has 22 heavy (non-hydrogen) atoms. The zero-order valence-electron chi connectivity index (χ0n) is 12.6. The number of carbonyl (C=O) groups excluding carboxylic acids is 1. The smallest absolute Gasteiger partial charge is 0.317 e. The standard InChI is InChI=1S/C16H19FN2O3/c1-12(22-15-8-4-3-7-14(15)17)10-18-16(20)19(2)11-13-6-5-9-21-13/h3-9,12H,10-11H2,1-2H3,(H,18,20)/t12-/m0/s1. The van der Waals surface area contributed by atoms with Crippen LogP contribution in [0.2, 0.25) is 0 Å². The summed E-state index contributed by atoms with van der Waals surface area (Å²) in [6, 6.07) is 9.49. The average molecular weight is 306 g/mol. The Kier molecular flexibility index (Phi) is 5.41. The Balaban J connectivity index is 1.77. The number of benzene rings is 1. The molecular formula is C16H19FN2O3. The van der Waals surface area contributed by atoms with Crippen LogP contribution in [0.25, 0.3) is 0 Å². The second-order valence-electron chi connectivity index (χ2n) is 4.98. The number of halogens is 1. The minimum absolute atomic E-state index is 0.174. The molecule has 2 amide bonds. The summed E-state index contributed by atoms with van der Waals surface area (Å²) in [6.07, 6.45) is 1.21. The Morgan fingerprint density at radius 3 is 2.82 bits per heavy atom. The molecule has 1 aromatic heterocycles. The summed E-state index contributed by atoms with van der Waals surface area (Å²) in [4.78, 5) is 13.4. The molecule has 0 saturated heterocycles. The number of nitrogens with one attached hydrogen (secondary N) is 1. The van der Waals surface area contributed by atoms with Crippen LogP contribution in [0.1, 0.15) is 12.7 Å². The van der Waals surface area contributed by atoms with Gasteiger partial charge in [0, 0.05) is 7.05 Å². The van der Waals surface area contributed by atoms with Crippen molar-refractivity contribution >= 4 is 6.03 Å². The Labute approximate surface area is 128 Å². The maximum Gasteiger partial charge on any atom is 0.317 e. The average Bonchev–Trinajstić information content (AvgIpc) is 3.00. The van der Waals surface area contributed by atoms with Crippen LogP contribution in [0, 0.1) is 5.82 Å². The lowest BCUT2D eigenvalue weighted by atomic mass is 10.3. The number of urea groups is 1. The number of rotatable bonds is 6. The van der Waals surface area contributed by atoms with Gasteiger partial charge in [-0.05, 0) is 31.2 Å². The van der Waals surface area contributed by atoms with E-state index in [1.54, 1.807) is 50.6 Å². The van der Waals surface area contributed by atoms with Crippen molar-refractivity contribution in [3.63, 3.8) is 0 Å². The quantitative estimate of drug-likeness (QED) is 0.892. The molecule has 6 heteroatoms. The minimum atomic E-state index is -0.421. The predicted octanol–water partition coefficient (Wildman–Crippen LogP) is 3.03. The van der Waals surface area contributed by atoms with Gasteiger partial charge in [-0.1, -0.05) is 12.1 Å². The molecule has 0 unspecified atom stereocenters. The summed E-state index contributed by atoms with van der Waals surface area (Å²) in [5.74, 6) is 0.456. The Bertz CT molecular complexity index is 601. The van der Waals surface area contributed by atoms with Crippen molar-refractivity contribution in [2.24, 2.45) is 0 Å². The molecular weight excluding hydrogens is 287 g/mol. The van der Waals surface area contributed by atoms with E-state index in [2.05, 4.69) is 5.32 Å². The second kappa shape index (κ2) is 7.49. The van der Waals surface area contributed by atoms with E-state index in [-0.39, 0.29) is 24.4 Å². The Hall–Kier alpha value is -2.50. The lowest BCUT2D eigenvalue weighted by Crippen LogP contribution is -2.41. The number of amides is 2. The molecule has 0 spiro atoms. The lowest BCUT2D eigenvalue weighted by molar-refractivity contribution is 0.183. The van der Waals surface area contributed by atoms with E-state index >= 15 is 0 Å². The van der Waals surface area contributed by atoms with Crippen LogP contribution < -0.4 is 10.1 Å². The van der Waals surface area contributed by atoms with Gasteiger partial charge in [-0.3, -0.25) is 0 Å². The first kappa shape index (κ1) is 15.9. The molecule has 0 aliphatic carbocycles. The summed E-state index contributed by atoms with van der Waals surface area (Å²) >= 11 is 0. The van der Waals surface area contributed by atoms with Crippen molar-refractivity contribution < 1.29 is 18.3 Å². The number of ether oxygens (including phenoxy) is 1. The SMILES string of the molecule is C[C@@H](CNC(=O)N(C)Cc1ccco1)Oc1ccccc1F. The summed E-state index contributed by atoms with van der Waals surface area (Å²) in [5, 5.41) is 2.73. The van der Waals surface area contributed by atoms with Crippen LogP contribution >= 0.6 is 0 Å². The summed E-state index contributed by atoms with van der Waals surface area (Å²) in [5.41, 5.74) is 0. The molecule has 0 bridgehead atoms. The van der Waals surface area contributed by atoms with Gasteiger partial charge in [0.2, 0.25) is 0 Å². The fourth-order valence-corrected chi connectivity index (χ4v) is 1.87. The number of furan rings is 1. The molecule has 118 valence electrons. The maximum atomic E-state index is 13.5. The molecule has 1 N–H and O–H groups in total. The van der Waals surface area contributed by atoms with Crippen molar-refractivity contribution in [1.29, 1.82) is 0 Å². The third-order valence-corrected chi connectivity index (χ3v) is 3.03. The molecule has 1 heterocycles. The van der Waals surface area contributed by atoms with Gasteiger partial charge in [-0.25, -0.2) is 9.18 Å². The van der Waals surface area contributed by atoms with Gasteiger partial charge in [0.1, 0.15) is 11.9 Å². The first-order chi connectivity index (χ1) is 10.6. The number of hydrogen-bond donors (Lipinski definition) is 1. The van der Waals surface area contributed by atoms with Crippen molar-refractivity contribution in [1.82, 2.24) is 10.2 Å². The fraction of sp³-hybridized carbons (Fsp3) is 0.312. The zero-order chi connectivity index (χ0) is 15.9. The summed E-state index contributed by atoms with van der Waals surface area (Å²) in [7, 11) is 1.67. The van der Waals surface area contributed by atoms with E-state index < -0.39 is 5.82 Å². The predicted molar refractivity (Wildman–Crippen MR) is 80.1 cm³/mol. The zero-order valence-corrected chi connectivity index (χ0v) is 12.6. The monoisotopic (exact) mass is 306 g/mol. The highest BCUT2D eigenvalue weighted by Crippen LogP contribution is 2.16. The number of carbonyl (C=O) groups is 1. The van der Waals surface area contributed by atoms with Crippen molar-refractivity contribution in [2.45, 2.75) is 19.6 Å². The maximum absolute atomic E-state index is 13.5. The van der Waals surface area contributed by atoms with Crippen molar-refractivity contribution in [3.8, 4) is 5.75 Å². The van der Waals surface area contributed by atoms with Gasteiger partial charge in [0.15, 0.2) is 11.6 Å². The van der Waals surface area contributed by atoms with E-state index in [1.807, 2.05) is 0 Å². The minimum Gasteiger partial charge on any atom is -0.486 e. The van der Waals surface area contributed by atoms with Crippen LogP contribution in [0.15, 0.2) is 47.1 Å². The first-order valence-corrected chi connectivity index (χ1v) is 6.99. The van der Waals surface area contributed by atoms with Gasteiger partial charge in [0.05, 0.1) is 19.4 Å². The van der Waals surface area contributed by atoms with E-state index in [9.17, 15) is 9.18 Å². The van der Waals surface area contributed by atoms with Gasteiger partial charge in [-0.2, -0.15) is 0 Å². The third kappa shape index (κ3) is 4.51. The highest BCUT2D eigenvalue weighted by molar-refractivity contribution is 5.73. The Morgan fingerprint density at radius 1 is 1.36 bits per heavy atom. The normalized spacial score (nSPS) is 11.8. The molecule has 0 radical (unpaired) electrons. The first-order valence-electron chi connectivity index (χ1n) is 6.99. The van der Waals surface area contributed by atoms with E-state index in [4.69, 9.17) is 9.15 Å². The van der Waals surface area contributed by atoms with Crippen LogP contribution in [-0.2, 0) is 6.54 Å². The molecule has 0 fully saturated rings. The number of para-hydroxylation sites is 1. The molecule has 0 aliphatic rings. The van der Waals surface area contributed by atoms with Gasteiger partial charge < -0.3 is 19.4 Å². The molecule has 0 aliphatic heterocycles. The highest BCUT2D eigenvalue weighted by atomic mass is 19.1. The topological polar surface area (TPSA) is 54.7 Å². The van der Waals surface area contributed by atoms with E-state index in [0.29, 0.717) is 12.3 Å². The molecule has 2 rings (SSSR count). The van der Waals surface area contributed by atoms with Gasteiger partial charge >= 0.3 is 6.03 Å². The fourth-order valence-electron chi connectivity index (χ4n) is 1.87. The van der Waals surface area contributed by atoms with E-state index in [1.165, 1.54) is 11.0 Å². The number of nitrogens with zero attached hydrogens (tertiary/aromatic N) is 1. The Morgan fingerprint density at radius 2 is 2.14 bits per heavy atom. The highest BCUT2D eigenvalue weighted by Gasteiger charge is 2.13. The van der Waals surface area contributed by atoms with Gasteiger partial charge in [-0.15, -0.1) is 0 Å². The largest absolute Gasteiger partial charge is 0.486 e. The number of hydrogen-bond acceptors (Lipinski definition) is 3. The molecule has 1 aromatic carbocycles. The van der Waals surface area contributed by atoms with E-state index in [0.717, 1.165) is 0 Å². The van der Waals surface area contributed by atoms with Crippen LogP contribution in [0.3, 0.4) is 0 Å². The molecule has 5 nitrogen and oxygen atoms in total. The van der Waals surface area contributed by atoms with Crippen molar-refractivity contribution in [3.05, 3.63) is 54.2 Å². The van der Waals surface area contributed by atoms with Crippen molar-refractivity contribution in [2.75, 3.05) is 13.6 Å². The third-order valence-electron chi connectivity index (χ3n) is 3.03. The second-order valence-corrected chi connectivity index (χ2v) is 4.98. The van der Waals surface area contributed by atoms with Crippen LogP contribution in [0.4, 0.5) is 9.18 Å². The van der Waals surface area contributed by atoms with Gasteiger partial charge in [0.25, 0.3) is 0 Å². The van der Waals surface area contributed by atoms with Crippen LogP contribution in [-0.4, -0.2) is 30.6 Å².